The van der Waals surface area contributed by atoms with Crippen LogP contribution < -0.4 is 0 Å². The second-order valence-electron chi connectivity index (χ2n) is 10.2. The van der Waals surface area contributed by atoms with Gasteiger partial charge < -0.3 is 0 Å². The molecule has 2 atom stereocenters. The van der Waals surface area contributed by atoms with E-state index in [0.29, 0.717) is 0 Å². The van der Waals surface area contributed by atoms with Gasteiger partial charge in [0, 0.05) is 0 Å². The van der Waals surface area contributed by atoms with E-state index in [9.17, 15) is 4.79 Å². The number of amides is 1. The van der Waals surface area contributed by atoms with Crippen LogP contribution in [0, 0.1) is 26.7 Å². The summed E-state index contributed by atoms with van der Waals surface area (Å²) < 4.78 is 2.34. The molecule has 0 spiro atoms. The molecule has 0 aliphatic heterocycles. The molecule has 0 saturated heterocycles. The fraction of sp³-hybridized carbons (Fsp3) is 0.355. The molecule has 36 heavy (non-hydrogen) atoms. The van der Waals surface area contributed by atoms with Gasteiger partial charge in [0.05, 0.1) is 0 Å². The van der Waals surface area contributed by atoms with Crippen molar-refractivity contribution < 1.29 is 4.79 Å². The first-order valence-electron chi connectivity index (χ1n) is 12.9. The molecule has 0 saturated carbocycles. The van der Waals surface area contributed by atoms with Gasteiger partial charge in [-0.05, 0) is 0 Å². The van der Waals surface area contributed by atoms with Gasteiger partial charge in [0.2, 0.25) is 0 Å². The Morgan fingerprint density at radius 2 is 1.64 bits per heavy atom. The molecule has 0 aliphatic rings. The molecule has 0 bridgehead atoms. The molecule has 0 N–H and O–H groups in total. The zero-order chi connectivity index (χ0) is 25.8. The summed E-state index contributed by atoms with van der Waals surface area (Å²) in [4.78, 5) is 21.3. The number of nitrogens with zero attached hydrogens (tertiary/aromatic N) is 3. The average Bonchev–Trinajstić information content (AvgIpc) is 3.18. The Morgan fingerprint density at radius 1 is 0.972 bits per heavy atom. The average molecular weight is 544 g/mol. The van der Waals surface area contributed by atoms with Gasteiger partial charge in [-0.2, -0.15) is 0 Å². The summed E-state index contributed by atoms with van der Waals surface area (Å²) in [6.45, 7) is 12.2. The Morgan fingerprint density at radius 3 is 2.28 bits per heavy atom. The number of hydrogen-bond donors (Lipinski definition) is 0. The van der Waals surface area contributed by atoms with E-state index in [2.05, 4.69) is 86.6 Å². The molecule has 188 valence electrons. The van der Waals surface area contributed by atoms with E-state index < -0.39 is 0 Å². The molecule has 1 aromatic heterocycles. The predicted molar refractivity (Wildman–Crippen MR) is 153 cm³/mol. The van der Waals surface area contributed by atoms with E-state index in [1.165, 1.54) is 16.7 Å². The fourth-order valence-electron chi connectivity index (χ4n) is 4.84. The van der Waals surface area contributed by atoms with E-state index in [1.54, 1.807) is 16.9 Å². The second kappa shape index (κ2) is 11.5. The monoisotopic (exact) mass is 543 g/mol. The first-order valence-corrected chi connectivity index (χ1v) is 14.6. The molecule has 0 radical (unpaired) electrons. The number of fused-ring (bicyclic) bond motifs is 1. The van der Waals surface area contributed by atoms with Crippen molar-refractivity contribution in [1.82, 2.24) is 14.5 Å². The summed E-state index contributed by atoms with van der Waals surface area (Å²) in [6, 6.07) is 22.8. The molecule has 1 amide bonds. The summed E-state index contributed by atoms with van der Waals surface area (Å²) >= 11 is 1.71. The van der Waals surface area contributed by atoms with Gasteiger partial charge in [0.1, 0.15) is 0 Å². The van der Waals surface area contributed by atoms with Gasteiger partial charge in [-0.3, -0.25) is 0 Å². The van der Waals surface area contributed by atoms with E-state index in [0.717, 1.165) is 52.7 Å². The van der Waals surface area contributed by atoms with Crippen LogP contribution in [0.15, 0.2) is 66.7 Å². The maximum absolute atomic E-state index is 14.0. The third kappa shape index (κ3) is 5.60. The van der Waals surface area contributed by atoms with Crippen LogP contribution in [-0.4, -0.2) is 43.8 Å². The Balaban J connectivity index is 1.88. The Labute approximate surface area is 224 Å². The van der Waals surface area contributed by atoms with Crippen molar-refractivity contribution in [2.75, 3.05) is 6.54 Å². The first-order chi connectivity index (χ1) is 17.3. The van der Waals surface area contributed by atoms with Crippen molar-refractivity contribution in [1.29, 1.82) is 0 Å². The normalized spacial score (nSPS) is 12.3. The minimum atomic E-state index is -0.130. The van der Waals surface area contributed by atoms with Crippen molar-refractivity contribution in [3.8, 4) is 0 Å². The van der Waals surface area contributed by atoms with Crippen LogP contribution in [0.2, 0.25) is 5.21 Å². The van der Waals surface area contributed by atoms with Gasteiger partial charge in [-0.25, -0.2) is 0 Å². The van der Waals surface area contributed by atoms with Gasteiger partial charge in [0.15, 0.2) is 0 Å². The van der Waals surface area contributed by atoms with Gasteiger partial charge in [0.25, 0.3) is 0 Å². The molecule has 4 aromatic rings. The van der Waals surface area contributed by atoms with E-state index in [4.69, 9.17) is 4.98 Å². The number of carbonyl (C=O) groups excluding carboxylic acids is 1. The number of rotatable bonds is 9. The number of aryl methyl sites for hydroxylation is 3. The Bertz CT molecular complexity index is 1330. The summed E-state index contributed by atoms with van der Waals surface area (Å²) in [6.07, 6.45) is 0.984. The van der Waals surface area contributed by atoms with E-state index in [-0.39, 0.29) is 17.9 Å². The van der Waals surface area contributed by atoms with Crippen molar-refractivity contribution >= 4 is 33.8 Å². The zero-order valence-electron chi connectivity index (χ0n) is 22.2. The summed E-state index contributed by atoms with van der Waals surface area (Å²) in [5.41, 5.74) is 7.74. The van der Waals surface area contributed by atoms with Crippen LogP contribution in [0.3, 0.4) is 0 Å². The van der Waals surface area contributed by atoms with Gasteiger partial charge >= 0.3 is 225 Å². The predicted octanol–water partition coefficient (Wildman–Crippen LogP) is 6.29. The number of aromatic nitrogens is 2. The molecule has 5 heteroatoms. The third-order valence-electron chi connectivity index (χ3n) is 6.97. The maximum atomic E-state index is 14.0. The van der Waals surface area contributed by atoms with Crippen molar-refractivity contribution in [2.45, 2.75) is 58.8 Å². The molecule has 1 heterocycles. The van der Waals surface area contributed by atoms with Crippen LogP contribution in [0.5, 0.6) is 0 Å². The number of carbonyl (C=O) groups is 1. The van der Waals surface area contributed by atoms with Crippen molar-refractivity contribution in [3.63, 3.8) is 0 Å². The van der Waals surface area contributed by atoms with Crippen LogP contribution in [0.1, 0.15) is 64.7 Å². The van der Waals surface area contributed by atoms with Gasteiger partial charge in [-0.1, -0.05) is 0 Å². The van der Waals surface area contributed by atoms with Crippen LogP contribution in [-0.2, 0) is 6.54 Å². The summed E-state index contributed by atoms with van der Waals surface area (Å²) in [7, 11) is 0. The Kier molecular flexibility index (Phi) is 8.36. The van der Waals surface area contributed by atoms with Crippen LogP contribution >= 0.6 is 0 Å². The van der Waals surface area contributed by atoms with Crippen LogP contribution in [0.25, 0.3) is 11.0 Å². The standard InChI is InChI=1S/C31H38AsN3O/c1-21(2)29(34(17-9-16-32)31(36)26-14-12-22(3)13-15-26)30-33-27-18-23(4)24(5)19-28(27)35(30)20-25-10-7-6-8-11-25/h6-8,10-15,18-19,21,29H,9,16-17,20,32H2,1-5H3. The van der Waals surface area contributed by atoms with E-state index in [1.807, 2.05) is 24.3 Å². The summed E-state index contributed by atoms with van der Waals surface area (Å²) in [5, 5.41) is 1.09. The topological polar surface area (TPSA) is 38.1 Å². The second-order valence-corrected chi connectivity index (χ2v) is 11.4. The minimum absolute atomic E-state index is 0.0836. The van der Waals surface area contributed by atoms with E-state index >= 15 is 0 Å². The zero-order valence-corrected chi connectivity index (χ0v) is 24.6. The van der Waals surface area contributed by atoms with Crippen molar-refractivity contribution in [2.24, 2.45) is 5.92 Å². The molecule has 4 nitrogen and oxygen atoms in total. The SMILES string of the molecule is Cc1ccc(C(=O)N(CCC[AsH2])C(c2nc3cc(C)c(C)cc3n2Cc2ccccc2)C(C)C)cc1. The number of benzene rings is 3. The van der Waals surface area contributed by atoms with Crippen molar-refractivity contribution in [3.05, 3.63) is 100 Å². The fourth-order valence-corrected chi connectivity index (χ4v) is 5.23. The van der Waals surface area contributed by atoms with Crippen LogP contribution in [0.4, 0.5) is 0 Å². The first kappa shape index (κ1) is 26.2. The quantitative estimate of drug-likeness (QED) is 0.233. The number of imidazole rings is 1. The molecule has 3 aromatic carbocycles. The molecule has 4 rings (SSSR count). The molecular formula is C31H38AsN3O. The summed E-state index contributed by atoms with van der Waals surface area (Å²) in [5.74, 6) is 1.26. The third-order valence-corrected chi connectivity index (χ3v) is 7.83. The molecule has 0 fully saturated rings. The molecule has 2 unspecified atom stereocenters. The Hall–Kier alpha value is -2.84. The van der Waals surface area contributed by atoms with Gasteiger partial charge in [-0.15, -0.1) is 0 Å². The number of hydrogen-bond acceptors (Lipinski definition) is 2. The molecule has 0 aliphatic carbocycles. The molecular weight excluding hydrogens is 505 g/mol.